The summed E-state index contributed by atoms with van der Waals surface area (Å²) in [5.41, 5.74) is 1.30. The number of hydrogen-bond donors (Lipinski definition) is 1. The number of hydrogen-bond acceptors (Lipinski definition) is 3. The molecule has 0 aliphatic carbocycles. The summed E-state index contributed by atoms with van der Waals surface area (Å²) in [6, 6.07) is 4.62. The van der Waals surface area contributed by atoms with E-state index in [1.807, 2.05) is 18.5 Å². The van der Waals surface area contributed by atoms with Crippen LogP contribution in [0.15, 0.2) is 37.2 Å². The Labute approximate surface area is 98.2 Å². The zero-order valence-corrected chi connectivity index (χ0v) is 10.2. The molecule has 0 bridgehead atoms. The normalized spacial score (nSPS) is 12.7. The van der Waals surface area contributed by atoms with E-state index in [-0.39, 0.29) is 0 Å². The van der Waals surface area contributed by atoms with Crippen molar-refractivity contribution >= 4 is 0 Å². The van der Waals surface area contributed by atoms with Crippen LogP contribution in [0.1, 0.15) is 12.5 Å². The zero-order chi connectivity index (χ0) is 11.8. The van der Waals surface area contributed by atoms with Gasteiger partial charge in [0.2, 0.25) is 0 Å². The van der Waals surface area contributed by atoms with Crippen molar-refractivity contribution in [2.75, 3.05) is 20.1 Å². The molecule has 88 valence electrons. The van der Waals surface area contributed by atoms with E-state index < -0.39 is 0 Å². The summed E-state index contributed by atoms with van der Waals surface area (Å²) >= 11 is 0. The Kier molecular flexibility index (Phi) is 5.75. The third-order valence-corrected chi connectivity index (χ3v) is 2.66. The molecule has 0 saturated heterocycles. The Bertz CT molecular complexity index is 297. The van der Waals surface area contributed by atoms with E-state index in [4.69, 9.17) is 0 Å². The average molecular weight is 219 g/mol. The van der Waals surface area contributed by atoms with Crippen LogP contribution in [0.4, 0.5) is 0 Å². The van der Waals surface area contributed by atoms with Crippen LogP contribution in [-0.4, -0.2) is 36.1 Å². The first-order valence-corrected chi connectivity index (χ1v) is 5.64. The van der Waals surface area contributed by atoms with Crippen LogP contribution in [0.5, 0.6) is 0 Å². The van der Waals surface area contributed by atoms with Crippen molar-refractivity contribution in [3.8, 4) is 0 Å². The van der Waals surface area contributed by atoms with Crippen molar-refractivity contribution in [3.05, 3.63) is 42.7 Å². The number of likely N-dealkylation sites (N-methyl/N-ethyl adjacent to an activating group) is 1. The first kappa shape index (κ1) is 12.9. The van der Waals surface area contributed by atoms with Crippen LogP contribution < -0.4 is 5.32 Å². The molecule has 1 rings (SSSR count). The van der Waals surface area contributed by atoms with Crippen LogP contribution in [0.2, 0.25) is 0 Å². The molecule has 0 spiro atoms. The Morgan fingerprint density at radius 2 is 2.19 bits per heavy atom. The van der Waals surface area contributed by atoms with Gasteiger partial charge in [0.25, 0.3) is 0 Å². The SMILES string of the molecule is C=CCNCC(C)N(C)Cc1ccncc1. The molecule has 1 atom stereocenters. The molecule has 1 unspecified atom stereocenters. The van der Waals surface area contributed by atoms with Crippen LogP contribution in [0.3, 0.4) is 0 Å². The molecule has 16 heavy (non-hydrogen) atoms. The Morgan fingerprint density at radius 3 is 2.81 bits per heavy atom. The monoisotopic (exact) mass is 219 g/mol. The second-order valence-electron chi connectivity index (χ2n) is 4.07. The van der Waals surface area contributed by atoms with E-state index in [9.17, 15) is 0 Å². The second-order valence-corrected chi connectivity index (χ2v) is 4.07. The van der Waals surface area contributed by atoms with Gasteiger partial charge in [-0.2, -0.15) is 0 Å². The van der Waals surface area contributed by atoms with E-state index in [2.05, 4.69) is 47.9 Å². The predicted octanol–water partition coefficient (Wildman–Crippen LogP) is 1.68. The topological polar surface area (TPSA) is 28.2 Å². The molecule has 0 aliphatic heterocycles. The minimum atomic E-state index is 0.508. The van der Waals surface area contributed by atoms with Gasteiger partial charge < -0.3 is 5.32 Å². The maximum atomic E-state index is 4.02. The van der Waals surface area contributed by atoms with Crippen LogP contribution >= 0.6 is 0 Å². The summed E-state index contributed by atoms with van der Waals surface area (Å²) in [4.78, 5) is 6.34. The highest BCUT2D eigenvalue weighted by molar-refractivity contribution is 5.09. The summed E-state index contributed by atoms with van der Waals surface area (Å²) < 4.78 is 0. The highest BCUT2D eigenvalue weighted by Gasteiger charge is 2.08. The number of nitrogens with one attached hydrogen (secondary N) is 1. The fourth-order valence-electron chi connectivity index (χ4n) is 1.48. The Morgan fingerprint density at radius 1 is 1.50 bits per heavy atom. The fourth-order valence-corrected chi connectivity index (χ4v) is 1.48. The van der Waals surface area contributed by atoms with Crippen molar-refractivity contribution in [2.24, 2.45) is 0 Å². The largest absolute Gasteiger partial charge is 0.312 e. The van der Waals surface area contributed by atoms with Gasteiger partial charge in [0.15, 0.2) is 0 Å². The molecule has 0 radical (unpaired) electrons. The standard InChI is InChI=1S/C13H21N3/c1-4-7-15-10-12(2)16(3)11-13-5-8-14-9-6-13/h4-6,8-9,12,15H,1,7,10-11H2,2-3H3. The van der Waals surface area contributed by atoms with Crippen molar-refractivity contribution in [2.45, 2.75) is 19.5 Å². The van der Waals surface area contributed by atoms with Crippen LogP contribution in [-0.2, 0) is 6.54 Å². The van der Waals surface area contributed by atoms with Crippen LogP contribution in [0.25, 0.3) is 0 Å². The van der Waals surface area contributed by atoms with E-state index in [1.54, 1.807) is 0 Å². The highest BCUT2D eigenvalue weighted by atomic mass is 15.1. The van der Waals surface area contributed by atoms with Gasteiger partial charge in [-0.1, -0.05) is 6.08 Å². The van der Waals surface area contributed by atoms with Crippen molar-refractivity contribution in [1.82, 2.24) is 15.2 Å². The third-order valence-electron chi connectivity index (χ3n) is 2.66. The lowest BCUT2D eigenvalue weighted by atomic mass is 10.2. The molecule has 1 heterocycles. The maximum absolute atomic E-state index is 4.02. The van der Waals surface area contributed by atoms with Gasteiger partial charge in [-0.15, -0.1) is 6.58 Å². The molecule has 0 saturated carbocycles. The van der Waals surface area contributed by atoms with Gasteiger partial charge in [0.1, 0.15) is 0 Å². The first-order valence-electron chi connectivity index (χ1n) is 5.64. The summed E-state index contributed by atoms with van der Waals surface area (Å²) in [5.74, 6) is 0. The minimum Gasteiger partial charge on any atom is -0.312 e. The van der Waals surface area contributed by atoms with Gasteiger partial charge in [-0.05, 0) is 31.7 Å². The lowest BCUT2D eigenvalue weighted by molar-refractivity contribution is 0.244. The average Bonchev–Trinajstić information content (AvgIpc) is 2.30. The molecule has 0 fully saturated rings. The molecular weight excluding hydrogens is 198 g/mol. The van der Waals surface area contributed by atoms with Crippen molar-refractivity contribution in [1.29, 1.82) is 0 Å². The fraction of sp³-hybridized carbons (Fsp3) is 0.462. The first-order chi connectivity index (χ1) is 7.74. The van der Waals surface area contributed by atoms with E-state index >= 15 is 0 Å². The minimum absolute atomic E-state index is 0.508. The third kappa shape index (κ3) is 4.55. The number of aromatic nitrogens is 1. The molecule has 1 aromatic heterocycles. The number of rotatable bonds is 7. The number of pyridine rings is 1. The molecule has 1 N–H and O–H groups in total. The molecular formula is C13H21N3. The van der Waals surface area contributed by atoms with E-state index in [1.165, 1.54) is 5.56 Å². The Balaban J connectivity index is 2.33. The summed E-state index contributed by atoms with van der Waals surface area (Å²) in [6.45, 7) is 8.71. The smallest absolute Gasteiger partial charge is 0.0271 e. The summed E-state index contributed by atoms with van der Waals surface area (Å²) in [7, 11) is 2.14. The Hall–Kier alpha value is -1.19. The van der Waals surface area contributed by atoms with Crippen LogP contribution in [0, 0.1) is 0 Å². The lowest BCUT2D eigenvalue weighted by Crippen LogP contribution is -2.37. The molecule has 0 aromatic carbocycles. The maximum Gasteiger partial charge on any atom is 0.0271 e. The molecule has 3 nitrogen and oxygen atoms in total. The predicted molar refractivity (Wildman–Crippen MR) is 68.2 cm³/mol. The van der Waals surface area contributed by atoms with Crippen molar-refractivity contribution in [3.63, 3.8) is 0 Å². The number of nitrogens with zero attached hydrogens (tertiary/aromatic N) is 2. The van der Waals surface area contributed by atoms with E-state index in [0.717, 1.165) is 19.6 Å². The van der Waals surface area contributed by atoms with Gasteiger partial charge in [-0.25, -0.2) is 0 Å². The molecule has 0 aliphatic rings. The van der Waals surface area contributed by atoms with Gasteiger partial charge >= 0.3 is 0 Å². The van der Waals surface area contributed by atoms with Gasteiger partial charge in [0, 0.05) is 38.1 Å². The molecule has 3 heteroatoms. The molecule has 1 aromatic rings. The second kappa shape index (κ2) is 7.14. The molecule has 0 amide bonds. The van der Waals surface area contributed by atoms with E-state index in [0.29, 0.717) is 6.04 Å². The summed E-state index contributed by atoms with van der Waals surface area (Å²) in [5, 5.41) is 3.33. The zero-order valence-electron chi connectivity index (χ0n) is 10.2. The summed E-state index contributed by atoms with van der Waals surface area (Å²) in [6.07, 6.45) is 5.56. The van der Waals surface area contributed by atoms with Gasteiger partial charge in [-0.3, -0.25) is 9.88 Å². The highest BCUT2D eigenvalue weighted by Crippen LogP contribution is 2.04. The van der Waals surface area contributed by atoms with Crippen molar-refractivity contribution < 1.29 is 0 Å². The lowest BCUT2D eigenvalue weighted by Gasteiger charge is -2.24. The van der Waals surface area contributed by atoms with Gasteiger partial charge in [0.05, 0.1) is 0 Å². The quantitative estimate of drug-likeness (QED) is 0.558.